The molecule has 3 nitrogen and oxygen atoms in total. The predicted octanol–water partition coefficient (Wildman–Crippen LogP) is 2.29. The number of thiophene rings is 1. The van der Waals surface area contributed by atoms with Gasteiger partial charge in [-0.05, 0) is 44.2 Å². The van der Waals surface area contributed by atoms with Crippen LogP contribution < -0.4 is 11.1 Å². The number of nitrogens with two attached hydrogens (primary N) is 1. The van der Waals surface area contributed by atoms with Crippen molar-refractivity contribution in [2.75, 3.05) is 6.54 Å². The maximum atomic E-state index is 12.2. The Morgan fingerprint density at radius 1 is 1.63 bits per heavy atom. The molecule has 1 saturated carbocycles. The van der Waals surface area contributed by atoms with Gasteiger partial charge in [0.25, 0.3) is 5.91 Å². The number of aryl methyl sites for hydroxylation is 1. The zero-order chi connectivity index (χ0) is 13.8. The van der Waals surface area contributed by atoms with Crippen molar-refractivity contribution < 1.29 is 4.79 Å². The van der Waals surface area contributed by atoms with Gasteiger partial charge in [0, 0.05) is 6.04 Å². The van der Waals surface area contributed by atoms with Gasteiger partial charge in [-0.3, -0.25) is 4.79 Å². The van der Waals surface area contributed by atoms with Gasteiger partial charge in [-0.1, -0.05) is 18.3 Å². The molecule has 0 aromatic carbocycles. The predicted molar refractivity (Wildman–Crippen MR) is 79.3 cm³/mol. The van der Waals surface area contributed by atoms with E-state index >= 15 is 0 Å². The second-order valence-corrected chi connectivity index (χ2v) is 6.13. The second-order valence-electron chi connectivity index (χ2n) is 5.08. The first-order valence-corrected chi connectivity index (χ1v) is 7.53. The fourth-order valence-corrected chi connectivity index (χ4v) is 3.14. The zero-order valence-electron chi connectivity index (χ0n) is 11.5. The Hall–Kier alpha value is -1.31. The van der Waals surface area contributed by atoms with Crippen LogP contribution in [0.2, 0.25) is 0 Å². The number of nitrogens with one attached hydrogen (secondary N) is 1. The van der Waals surface area contributed by atoms with E-state index in [1.165, 1.54) is 30.6 Å². The Balaban J connectivity index is 2.02. The first-order valence-electron chi connectivity index (χ1n) is 6.72. The van der Waals surface area contributed by atoms with E-state index in [1.54, 1.807) is 0 Å². The maximum absolute atomic E-state index is 12.2. The van der Waals surface area contributed by atoms with Crippen LogP contribution in [0, 0.1) is 24.7 Å². The molecule has 4 heteroatoms. The van der Waals surface area contributed by atoms with E-state index in [0.29, 0.717) is 12.5 Å². The van der Waals surface area contributed by atoms with Crippen LogP contribution in [0.1, 0.15) is 46.3 Å². The normalized spacial score (nSPS) is 16.2. The van der Waals surface area contributed by atoms with E-state index < -0.39 is 0 Å². The van der Waals surface area contributed by atoms with Crippen molar-refractivity contribution in [2.45, 2.75) is 39.2 Å². The van der Waals surface area contributed by atoms with Crippen LogP contribution in [0.25, 0.3) is 0 Å². The maximum Gasteiger partial charge on any atom is 0.261 e. The summed E-state index contributed by atoms with van der Waals surface area (Å²) >= 11 is 1.45. The SMILES string of the molecule is Cc1cc(C(=O)NC(C)C2CCC2)sc1C#CCN. The van der Waals surface area contributed by atoms with Gasteiger partial charge in [0.15, 0.2) is 0 Å². The Kier molecular flexibility index (Phi) is 4.62. The van der Waals surface area contributed by atoms with Gasteiger partial charge in [0.05, 0.1) is 16.3 Å². The lowest BCUT2D eigenvalue weighted by Crippen LogP contribution is -2.40. The Morgan fingerprint density at radius 3 is 2.95 bits per heavy atom. The minimum atomic E-state index is 0.0216. The number of carbonyl (C=O) groups excluding carboxylic acids is 1. The van der Waals surface area contributed by atoms with Gasteiger partial charge in [0.2, 0.25) is 0 Å². The molecule has 1 amide bonds. The molecule has 1 fully saturated rings. The summed E-state index contributed by atoms with van der Waals surface area (Å²) in [5.74, 6) is 6.52. The molecule has 1 aromatic rings. The van der Waals surface area contributed by atoms with Crippen LogP contribution >= 0.6 is 11.3 Å². The molecule has 1 atom stereocenters. The molecule has 19 heavy (non-hydrogen) atoms. The first-order chi connectivity index (χ1) is 9.11. The number of carbonyl (C=O) groups is 1. The highest BCUT2D eigenvalue weighted by Gasteiger charge is 2.25. The minimum absolute atomic E-state index is 0.0216. The largest absolute Gasteiger partial charge is 0.349 e. The van der Waals surface area contributed by atoms with Gasteiger partial charge in [0.1, 0.15) is 0 Å². The number of amides is 1. The molecule has 1 aliphatic carbocycles. The average Bonchev–Trinajstić information content (AvgIpc) is 2.65. The van der Waals surface area contributed by atoms with E-state index in [2.05, 4.69) is 24.1 Å². The van der Waals surface area contributed by atoms with Crippen LogP contribution in [0.3, 0.4) is 0 Å². The molecule has 1 aromatic heterocycles. The van der Waals surface area contributed by atoms with Crippen molar-refractivity contribution in [1.82, 2.24) is 5.32 Å². The number of hydrogen-bond acceptors (Lipinski definition) is 3. The molecule has 1 heterocycles. The van der Waals surface area contributed by atoms with Gasteiger partial charge in [-0.25, -0.2) is 0 Å². The molecule has 2 rings (SSSR count). The summed E-state index contributed by atoms with van der Waals surface area (Å²) in [4.78, 5) is 13.8. The van der Waals surface area contributed by atoms with Gasteiger partial charge in [-0.2, -0.15) is 0 Å². The summed E-state index contributed by atoms with van der Waals surface area (Å²) in [6, 6.07) is 2.18. The number of hydrogen-bond donors (Lipinski definition) is 2. The van der Waals surface area contributed by atoms with E-state index in [0.717, 1.165) is 15.3 Å². The van der Waals surface area contributed by atoms with Crippen molar-refractivity contribution in [3.05, 3.63) is 21.4 Å². The van der Waals surface area contributed by atoms with Crippen LogP contribution in [0.15, 0.2) is 6.07 Å². The van der Waals surface area contributed by atoms with Gasteiger partial charge >= 0.3 is 0 Å². The quantitative estimate of drug-likeness (QED) is 0.832. The molecule has 0 aliphatic heterocycles. The summed E-state index contributed by atoms with van der Waals surface area (Å²) in [6.07, 6.45) is 3.76. The van der Waals surface area contributed by atoms with Crippen molar-refractivity contribution in [1.29, 1.82) is 0 Å². The molecule has 3 N–H and O–H groups in total. The molecule has 1 unspecified atom stereocenters. The molecule has 0 saturated heterocycles. The molecule has 1 aliphatic rings. The Morgan fingerprint density at radius 2 is 2.37 bits per heavy atom. The van der Waals surface area contributed by atoms with Gasteiger partial charge in [-0.15, -0.1) is 11.3 Å². The smallest absolute Gasteiger partial charge is 0.261 e. The van der Waals surface area contributed by atoms with E-state index in [1.807, 2.05) is 13.0 Å². The average molecular weight is 276 g/mol. The van der Waals surface area contributed by atoms with Crippen LogP contribution in [0.4, 0.5) is 0 Å². The van der Waals surface area contributed by atoms with Crippen LogP contribution in [-0.4, -0.2) is 18.5 Å². The van der Waals surface area contributed by atoms with Crippen LogP contribution in [0.5, 0.6) is 0 Å². The number of rotatable bonds is 3. The van der Waals surface area contributed by atoms with Crippen molar-refractivity contribution in [3.8, 4) is 11.8 Å². The standard InChI is InChI=1S/C15H20N2OS/c1-10-9-14(19-13(10)7-4-8-16)15(18)17-11(2)12-5-3-6-12/h9,11-12H,3,5-6,8,16H2,1-2H3,(H,17,18). The summed E-state index contributed by atoms with van der Waals surface area (Å²) in [5, 5.41) is 3.09. The molecule has 0 spiro atoms. The molecule has 102 valence electrons. The van der Waals surface area contributed by atoms with E-state index in [4.69, 9.17) is 5.73 Å². The zero-order valence-corrected chi connectivity index (χ0v) is 12.3. The van der Waals surface area contributed by atoms with E-state index in [-0.39, 0.29) is 11.9 Å². The minimum Gasteiger partial charge on any atom is -0.349 e. The molecule has 0 radical (unpaired) electrons. The topological polar surface area (TPSA) is 55.1 Å². The third-order valence-corrected chi connectivity index (χ3v) is 4.81. The Labute approximate surface area is 118 Å². The lowest BCUT2D eigenvalue weighted by atomic mass is 9.80. The third-order valence-electron chi connectivity index (χ3n) is 3.66. The van der Waals surface area contributed by atoms with E-state index in [9.17, 15) is 4.79 Å². The lowest BCUT2D eigenvalue weighted by Gasteiger charge is -2.31. The fourth-order valence-electron chi connectivity index (χ4n) is 2.18. The summed E-state index contributed by atoms with van der Waals surface area (Å²) in [6.45, 7) is 4.41. The molecular weight excluding hydrogens is 256 g/mol. The summed E-state index contributed by atoms with van der Waals surface area (Å²) in [5.41, 5.74) is 6.41. The van der Waals surface area contributed by atoms with Crippen LogP contribution in [-0.2, 0) is 0 Å². The van der Waals surface area contributed by atoms with Crippen molar-refractivity contribution in [3.63, 3.8) is 0 Å². The monoisotopic (exact) mass is 276 g/mol. The van der Waals surface area contributed by atoms with Crippen molar-refractivity contribution >= 4 is 17.2 Å². The second kappa shape index (κ2) is 6.23. The summed E-state index contributed by atoms with van der Waals surface area (Å²) < 4.78 is 0. The summed E-state index contributed by atoms with van der Waals surface area (Å²) in [7, 11) is 0. The van der Waals surface area contributed by atoms with Gasteiger partial charge < -0.3 is 11.1 Å². The fraction of sp³-hybridized carbons (Fsp3) is 0.533. The molecule has 0 bridgehead atoms. The van der Waals surface area contributed by atoms with Crippen molar-refractivity contribution in [2.24, 2.45) is 11.7 Å². The Bertz CT molecular complexity index is 520. The highest BCUT2D eigenvalue weighted by molar-refractivity contribution is 7.14. The lowest BCUT2D eigenvalue weighted by molar-refractivity contribution is 0.0913. The highest BCUT2D eigenvalue weighted by Crippen LogP contribution is 2.29. The highest BCUT2D eigenvalue weighted by atomic mass is 32.1. The first kappa shape index (κ1) is 14.1. The molecular formula is C15H20N2OS. The third kappa shape index (κ3) is 3.37.